The van der Waals surface area contributed by atoms with Crippen LogP contribution in [0, 0.1) is 6.92 Å². The van der Waals surface area contributed by atoms with E-state index in [1.165, 1.54) is 22.5 Å². The minimum absolute atomic E-state index is 0.00133. The molecule has 0 saturated heterocycles. The molecule has 1 N–H and O–H groups in total. The molecule has 3 aromatic rings. The highest BCUT2D eigenvalue weighted by Crippen LogP contribution is 2.30. The molecule has 0 unspecified atom stereocenters. The second-order valence-electron chi connectivity index (χ2n) is 7.90. The van der Waals surface area contributed by atoms with Gasteiger partial charge in [0.1, 0.15) is 0 Å². The molecule has 1 atom stereocenters. The van der Waals surface area contributed by atoms with Gasteiger partial charge in [0.15, 0.2) is 0 Å². The molecule has 31 heavy (non-hydrogen) atoms. The molecule has 0 fully saturated rings. The van der Waals surface area contributed by atoms with E-state index in [1.54, 1.807) is 48.5 Å². The number of carbonyl (C=O) groups excluding carboxylic acids is 1. The van der Waals surface area contributed by atoms with Crippen molar-refractivity contribution < 1.29 is 13.2 Å². The van der Waals surface area contributed by atoms with E-state index in [4.69, 9.17) is 0 Å². The summed E-state index contributed by atoms with van der Waals surface area (Å²) in [7, 11) is -2.14. The Hall–Kier alpha value is -3.12. The number of benzene rings is 3. The number of hydrogen-bond acceptors (Lipinski definition) is 3. The molecule has 0 aliphatic heterocycles. The molecule has 6 heteroatoms. The summed E-state index contributed by atoms with van der Waals surface area (Å²) in [6.07, 6.45) is 3.00. The first-order valence-electron chi connectivity index (χ1n) is 10.4. The van der Waals surface area contributed by atoms with Crippen molar-refractivity contribution in [1.82, 2.24) is 5.32 Å². The maximum absolute atomic E-state index is 12.9. The Bertz CT molecular complexity index is 1210. The van der Waals surface area contributed by atoms with Crippen molar-refractivity contribution in [3.63, 3.8) is 0 Å². The van der Waals surface area contributed by atoms with Crippen LogP contribution in [0.15, 0.2) is 77.7 Å². The molecule has 1 amide bonds. The predicted octanol–water partition coefficient (Wildman–Crippen LogP) is 4.63. The number of carbonyl (C=O) groups is 1. The van der Waals surface area contributed by atoms with Gasteiger partial charge < -0.3 is 5.32 Å². The Morgan fingerprint density at radius 2 is 1.71 bits per heavy atom. The number of rotatable bonds is 5. The Labute approximate surface area is 183 Å². The molecule has 4 rings (SSSR count). The molecule has 0 saturated carbocycles. The van der Waals surface area contributed by atoms with Gasteiger partial charge in [-0.25, -0.2) is 8.42 Å². The van der Waals surface area contributed by atoms with Crippen LogP contribution in [-0.2, 0) is 16.4 Å². The number of sulfonamides is 1. The van der Waals surface area contributed by atoms with E-state index in [0.29, 0.717) is 11.3 Å². The van der Waals surface area contributed by atoms with E-state index in [1.807, 2.05) is 19.1 Å². The fourth-order valence-corrected chi connectivity index (χ4v) is 5.46. The summed E-state index contributed by atoms with van der Waals surface area (Å²) in [5.74, 6) is -0.148. The maximum atomic E-state index is 12.9. The lowest BCUT2D eigenvalue weighted by Crippen LogP contribution is -2.31. The maximum Gasteiger partial charge on any atom is 0.264 e. The van der Waals surface area contributed by atoms with Gasteiger partial charge in [-0.3, -0.25) is 9.10 Å². The third-order valence-corrected chi connectivity index (χ3v) is 7.66. The molecule has 0 heterocycles. The van der Waals surface area contributed by atoms with Crippen molar-refractivity contribution in [2.75, 3.05) is 11.4 Å². The number of fused-ring (bicyclic) bond motifs is 1. The fourth-order valence-electron chi connectivity index (χ4n) is 4.18. The SMILES string of the molecule is Cc1cc(C(=O)N[C@H]2CCCc3ccccc32)ccc1N(C)S(=O)(=O)c1ccccc1. The van der Waals surface area contributed by atoms with Crippen molar-refractivity contribution in [3.8, 4) is 0 Å². The zero-order chi connectivity index (χ0) is 22.0. The van der Waals surface area contributed by atoms with Gasteiger partial charge in [0, 0.05) is 12.6 Å². The van der Waals surface area contributed by atoms with E-state index in [0.717, 1.165) is 24.8 Å². The van der Waals surface area contributed by atoms with Gasteiger partial charge in [0.05, 0.1) is 16.6 Å². The van der Waals surface area contributed by atoms with Crippen LogP contribution in [0.1, 0.15) is 45.9 Å². The average molecular weight is 435 g/mol. The molecule has 0 spiro atoms. The van der Waals surface area contributed by atoms with Crippen molar-refractivity contribution in [2.45, 2.75) is 37.1 Å². The summed E-state index contributed by atoms with van der Waals surface area (Å²) >= 11 is 0. The van der Waals surface area contributed by atoms with E-state index in [9.17, 15) is 13.2 Å². The molecule has 1 aliphatic rings. The summed E-state index contributed by atoms with van der Waals surface area (Å²) in [4.78, 5) is 13.2. The summed E-state index contributed by atoms with van der Waals surface area (Å²) in [6, 6.07) is 21.7. The molecular weight excluding hydrogens is 408 g/mol. The number of nitrogens with one attached hydrogen (secondary N) is 1. The quantitative estimate of drug-likeness (QED) is 0.637. The third-order valence-electron chi connectivity index (χ3n) is 5.87. The molecule has 3 aromatic carbocycles. The van der Waals surface area contributed by atoms with E-state index < -0.39 is 10.0 Å². The number of anilines is 1. The summed E-state index contributed by atoms with van der Waals surface area (Å²) in [5, 5.41) is 3.15. The first kappa shape index (κ1) is 21.1. The minimum Gasteiger partial charge on any atom is -0.345 e. The van der Waals surface area contributed by atoms with Crippen LogP contribution in [0.5, 0.6) is 0 Å². The summed E-state index contributed by atoms with van der Waals surface area (Å²) in [5.41, 5.74) is 4.26. The van der Waals surface area contributed by atoms with Crippen LogP contribution < -0.4 is 9.62 Å². The molecule has 0 bridgehead atoms. The lowest BCUT2D eigenvalue weighted by molar-refractivity contribution is 0.0932. The van der Waals surface area contributed by atoms with Crippen LogP contribution in [0.25, 0.3) is 0 Å². The molecule has 1 aliphatic carbocycles. The van der Waals surface area contributed by atoms with E-state index in [-0.39, 0.29) is 16.8 Å². The fraction of sp³-hybridized carbons (Fsp3) is 0.240. The van der Waals surface area contributed by atoms with Crippen molar-refractivity contribution >= 4 is 21.6 Å². The van der Waals surface area contributed by atoms with Gasteiger partial charge in [-0.2, -0.15) is 0 Å². The smallest absolute Gasteiger partial charge is 0.264 e. The van der Waals surface area contributed by atoms with Crippen LogP contribution in [0.3, 0.4) is 0 Å². The molecule has 0 radical (unpaired) electrons. The van der Waals surface area contributed by atoms with E-state index in [2.05, 4.69) is 17.4 Å². The molecule has 5 nitrogen and oxygen atoms in total. The van der Waals surface area contributed by atoms with Crippen LogP contribution in [0.2, 0.25) is 0 Å². The van der Waals surface area contributed by atoms with Gasteiger partial charge in [0.25, 0.3) is 15.9 Å². The largest absolute Gasteiger partial charge is 0.345 e. The normalized spacial score (nSPS) is 15.7. The minimum atomic E-state index is -3.67. The van der Waals surface area contributed by atoms with E-state index >= 15 is 0 Å². The van der Waals surface area contributed by atoms with Gasteiger partial charge in [-0.15, -0.1) is 0 Å². The highest BCUT2D eigenvalue weighted by molar-refractivity contribution is 7.92. The number of hydrogen-bond donors (Lipinski definition) is 1. The lowest BCUT2D eigenvalue weighted by atomic mass is 9.87. The zero-order valence-electron chi connectivity index (χ0n) is 17.7. The topological polar surface area (TPSA) is 66.5 Å². The van der Waals surface area contributed by atoms with Crippen LogP contribution in [-0.4, -0.2) is 21.4 Å². The Balaban J connectivity index is 1.55. The molecular formula is C25H26N2O3S. The summed E-state index contributed by atoms with van der Waals surface area (Å²) in [6.45, 7) is 1.82. The van der Waals surface area contributed by atoms with Crippen LogP contribution in [0.4, 0.5) is 5.69 Å². The average Bonchev–Trinajstić information content (AvgIpc) is 2.79. The Kier molecular flexibility index (Phi) is 5.83. The first-order chi connectivity index (χ1) is 14.9. The Morgan fingerprint density at radius 3 is 2.45 bits per heavy atom. The van der Waals surface area contributed by atoms with Crippen LogP contribution >= 0.6 is 0 Å². The highest BCUT2D eigenvalue weighted by Gasteiger charge is 2.24. The van der Waals surface area contributed by atoms with Crippen molar-refractivity contribution in [2.24, 2.45) is 0 Å². The van der Waals surface area contributed by atoms with Gasteiger partial charge >= 0.3 is 0 Å². The third kappa shape index (κ3) is 4.21. The Morgan fingerprint density at radius 1 is 1.00 bits per heavy atom. The number of amides is 1. The highest BCUT2D eigenvalue weighted by atomic mass is 32.2. The zero-order valence-corrected chi connectivity index (χ0v) is 18.5. The lowest BCUT2D eigenvalue weighted by Gasteiger charge is -2.26. The van der Waals surface area contributed by atoms with Gasteiger partial charge in [0.2, 0.25) is 0 Å². The second kappa shape index (κ2) is 8.55. The standard InChI is InChI=1S/C25H26N2O3S/c1-18-17-20(25(28)26-23-14-8-10-19-9-6-7-13-22(19)23)15-16-24(18)27(2)31(29,30)21-11-4-3-5-12-21/h3-7,9,11-13,15-17,23H,8,10,14H2,1-2H3,(H,26,28)/t23-/m0/s1. The van der Waals surface area contributed by atoms with Gasteiger partial charge in [-0.1, -0.05) is 42.5 Å². The molecule has 160 valence electrons. The molecule has 0 aromatic heterocycles. The summed E-state index contributed by atoms with van der Waals surface area (Å²) < 4.78 is 27.1. The monoisotopic (exact) mass is 434 g/mol. The van der Waals surface area contributed by atoms with Crippen molar-refractivity contribution in [1.29, 1.82) is 0 Å². The number of aryl methyl sites for hydroxylation is 2. The number of nitrogens with zero attached hydrogens (tertiary/aromatic N) is 1. The predicted molar refractivity (Wildman–Crippen MR) is 123 cm³/mol. The van der Waals surface area contributed by atoms with Crippen molar-refractivity contribution in [3.05, 3.63) is 95.1 Å². The van der Waals surface area contributed by atoms with Gasteiger partial charge in [-0.05, 0) is 73.2 Å². The second-order valence-corrected chi connectivity index (χ2v) is 9.87. The first-order valence-corrected chi connectivity index (χ1v) is 11.9.